The van der Waals surface area contributed by atoms with Gasteiger partial charge in [-0.25, -0.2) is 0 Å². The van der Waals surface area contributed by atoms with E-state index in [1.807, 2.05) is 19.1 Å². The van der Waals surface area contributed by atoms with Gasteiger partial charge in [0.05, 0.1) is 14.2 Å². The number of benzene rings is 2. The van der Waals surface area contributed by atoms with Crippen molar-refractivity contribution >= 4 is 0 Å². The number of hydrogen-bond acceptors (Lipinski definition) is 3. The highest BCUT2D eigenvalue weighted by Crippen LogP contribution is 2.25. The highest BCUT2D eigenvalue weighted by molar-refractivity contribution is 5.44. The standard InChI is InChI=1S/C21H29NO3/c1-15-6-7-16(2)21(17(15)3)25-14-19(23)13-22(4)12-18-8-10-20(24-5)11-9-18/h6-11,19,23H,12-14H2,1-5H3/p+1/t19-/m1/s1. The van der Waals surface area contributed by atoms with Gasteiger partial charge in [-0.3, -0.25) is 0 Å². The largest absolute Gasteiger partial charge is 0.497 e. The summed E-state index contributed by atoms with van der Waals surface area (Å²) in [4.78, 5) is 1.24. The number of nitrogens with one attached hydrogen (secondary N) is 1. The normalized spacial score (nSPS) is 13.4. The number of methoxy groups -OCH3 is 1. The molecule has 0 radical (unpaired) electrons. The predicted octanol–water partition coefficient (Wildman–Crippen LogP) is 2.08. The number of aliphatic hydroxyl groups excluding tert-OH is 1. The first kappa shape index (κ1) is 19.3. The van der Waals surface area contributed by atoms with Gasteiger partial charge in [-0.1, -0.05) is 12.1 Å². The molecule has 0 saturated heterocycles. The molecule has 0 aromatic heterocycles. The number of hydrogen-bond donors (Lipinski definition) is 2. The van der Waals surface area contributed by atoms with Crippen molar-refractivity contribution in [2.45, 2.75) is 33.4 Å². The van der Waals surface area contributed by atoms with Gasteiger partial charge in [0.2, 0.25) is 0 Å². The first-order chi connectivity index (χ1) is 11.9. The van der Waals surface area contributed by atoms with Gasteiger partial charge in [0.15, 0.2) is 0 Å². The first-order valence-electron chi connectivity index (χ1n) is 8.72. The van der Waals surface area contributed by atoms with Crippen LogP contribution in [0.2, 0.25) is 0 Å². The minimum absolute atomic E-state index is 0.311. The molecular weight excluding hydrogens is 314 g/mol. The van der Waals surface area contributed by atoms with Crippen molar-refractivity contribution in [2.24, 2.45) is 0 Å². The summed E-state index contributed by atoms with van der Waals surface area (Å²) in [5, 5.41) is 10.3. The molecule has 0 aliphatic carbocycles. The zero-order valence-electron chi connectivity index (χ0n) is 15.9. The van der Waals surface area contributed by atoms with Crippen molar-refractivity contribution in [3.05, 3.63) is 58.7 Å². The van der Waals surface area contributed by atoms with Crippen LogP contribution in [-0.2, 0) is 6.54 Å². The summed E-state index contributed by atoms with van der Waals surface area (Å²) < 4.78 is 11.1. The van der Waals surface area contributed by atoms with E-state index in [1.165, 1.54) is 16.0 Å². The van der Waals surface area contributed by atoms with Crippen LogP contribution in [0.15, 0.2) is 36.4 Å². The Morgan fingerprint density at radius 3 is 2.28 bits per heavy atom. The fourth-order valence-corrected chi connectivity index (χ4v) is 2.95. The van der Waals surface area contributed by atoms with Gasteiger partial charge < -0.3 is 19.5 Å². The molecule has 2 aromatic rings. The predicted molar refractivity (Wildman–Crippen MR) is 101 cm³/mol. The maximum absolute atomic E-state index is 10.3. The van der Waals surface area contributed by atoms with Crippen molar-refractivity contribution in [3.63, 3.8) is 0 Å². The molecule has 0 saturated carbocycles. The van der Waals surface area contributed by atoms with E-state index in [-0.39, 0.29) is 0 Å². The second-order valence-corrected chi connectivity index (χ2v) is 6.80. The molecule has 2 atom stereocenters. The van der Waals surface area contributed by atoms with Crippen LogP contribution in [-0.4, -0.2) is 38.5 Å². The number of quaternary nitrogens is 1. The van der Waals surface area contributed by atoms with E-state index in [9.17, 15) is 5.11 Å². The quantitative estimate of drug-likeness (QED) is 0.770. The molecule has 0 amide bonds. The molecule has 2 N–H and O–H groups in total. The maximum Gasteiger partial charge on any atom is 0.137 e. The maximum atomic E-state index is 10.3. The van der Waals surface area contributed by atoms with E-state index in [2.05, 4.69) is 45.2 Å². The number of rotatable bonds is 8. The second kappa shape index (κ2) is 8.88. The van der Waals surface area contributed by atoms with Crippen molar-refractivity contribution in [2.75, 3.05) is 27.3 Å². The Morgan fingerprint density at radius 2 is 1.64 bits per heavy atom. The van der Waals surface area contributed by atoms with Crippen molar-refractivity contribution < 1.29 is 19.5 Å². The van der Waals surface area contributed by atoms with Gasteiger partial charge >= 0.3 is 0 Å². The Labute approximate surface area is 151 Å². The molecule has 0 spiro atoms. The SMILES string of the molecule is COc1ccc(C[NH+](C)C[C@@H](O)COc2c(C)ccc(C)c2C)cc1. The number of likely N-dealkylation sites (N-methyl/N-ethyl adjacent to an activating group) is 1. The summed E-state index contributed by atoms with van der Waals surface area (Å²) in [7, 11) is 3.75. The van der Waals surface area contributed by atoms with Crippen molar-refractivity contribution in [1.82, 2.24) is 0 Å². The van der Waals surface area contributed by atoms with Gasteiger partial charge in [0.1, 0.15) is 37.3 Å². The van der Waals surface area contributed by atoms with Crippen LogP contribution < -0.4 is 14.4 Å². The van der Waals surface area contributed by atoms with E-state index in [4.69, 9.17) is 9.47 Å². The lowest BCUT2D eigenvalue weighted by molar-refractivity contribution is -0.897. The zero-order valence-corrected chi connectivity index (χ0v) is 15.9. The molecule has 0 bridgehead atoms. The van der Waals surface area contributed by atoms with Gasteiger partial charge in [-0.15, -0.1) is 0 Å². The fraction of sp³-hybridized carbons (Fsp3) is 0.429. The average molecular weight is 344 g/mol. The van der Waals surface area contributed by atoms with E-state index < -0.39 is 6.10 Å². The van der Waals surface area contributed by atoms with Crippen LogP contribution >= 0.6 is 0 Å². The highest BCUT2D eigenvalue weighted by Gasteiger charge is 2.15. The summed E-state index contributed by atoms with van der Waals surface area (Å²) in [6.45, 7) is 7.97. The first-order valence-corrected chi connectivity index (χ1v) is 8.72. The van der Waals surface area contributed by atoms with E-state index in [0.717, 1.165) is 29.2 Å². The van der Waals surface area contributed by atoms with Crippen LogP contribution in [0, 0.1) is 20.8 Å². The molecular formula is C21H30NO3+. The molecule has 4 nitrogen and oxygen atoms in total. The lowest BCUT2D eigenvalue weighted by Crippen LogP contribution is -3.09. The van der Waals surface area contributed by atoms with Gasteiger partial charge in [-0.2, -0.15) is 0 Å². The second-order valence-electron chi connectivity index (χ2n) is 6.80. The molecule has 0 aliphatic rings. The van der Waals surface area contributed by atoms with Crippen LogP contribution in [0.1, 0.15) is 22.3 Å². The monoisotopic (exact) mass is 344 g/mol. The Bertz CT molecular complexity index is 682. The zero-order chi connectivity index (χ0) is 18.4. The molecule has 136 valence electrons. The fourth-order valence-electron chi connectivity index (χ4n) is 2.95. The van der Waals surface area contributed by atoms with Gasteiger partial charge in [0.25, 0.3) is 0 Å². The van der Waals surface area contributed by atoms with Crippen LogP contribution in [0.5, 0.6) is 11.5 Å². The number of aryl methyl sites for hydroxylation is 2. The molecule has 0 fully saturated rings. The van der Waals surface area contributed by atoms with Gasteiger partial charge in [-0.05, 0) is 61.7 Å². The molecule has 2 aromatic carbocycles. The van der Waals surface area contributed by atoms with E-state index >= 15 is 0 Å². The molecule has 25 heavy (non-hydrogen) atoms. The van der Waals surface area contributed by atoms with Crippen LogP contribution in [0.3, 0.4) is 0 Å². The minimum atomic E-state index is -0.502. The van der Waals surface area contributed by atoms with E-state index in [0.29, 0.717) is 13.2 Å². The topological polar surface area (TPSA) is 43.1 Å². The van der Waals surface area contributed by atoms with Crippen molar-refractivity contribution in [3.8, 4) is 11.5 Å². The van der Waals surface area contributed by atoms with Crippen LogP contribution in [0.25, 0.3) is 0 Å². The van der Waals surface area contributed by atoms with Gasteiger partial charge in [0, 0.05) is 5.56 Å². The Kier molecular flexibility index (Phi) is 6.85. The Balaban J connectivity index is 1.85. The third kappa shape index (κ3) is 5.48. The summed E-state index contributed by atoms with van der Waals surface area (Å²) >= 11 is 0. The Hall–Kier alpha value is -2.04. The Morgan fingerprint density at radius 1 is 1.00 bits per heavy atom. The molecule has 0 aliphatic heterocycles. The highest BCUT2D eigenvalue weighted by atomic mass is 16.5. The van der Waals surface area contributed by atoms with Crippen LogP contribution in [0.4, 0.5) is 0 Å². The van der Waals surface area contributed by atoms with E-state index in [1.54, 1.807) is 7.11 Å². The molecule has 0 heterocycles. The summed E-state index contributed by atoms with van der Waals surface area (Å²) in [5.41, 5.74) is 4.68. The molecule has 4 heteroatoms. The smallest absolute Gasteiger partial charge is 0.137 e. The third-order valence-electron chi connectivity index (χ3n) is 4.54. The summed E-state index contributed by atoms with van der Waals surface area (Å²) in [6.07, 6.45) is -0.502. The lowest BCUT2D eigenvalue weighted by atomic mass is 10.1. The van der Waals surface area contributed by atoms with Crippen molar-refractivity contribution in [1.29, 1.82) is 0 Å². The number of aliphatic hydroxyl groups is 1. The summed E-state index contributed by atoms with van der Waals surface area (Å²) in [5.74, 6) is 1.76. The number of ether oxygens (including phenoxy) is 2. The summed E-state index contributed by atoms with van der Waals surface area (Å²) in [6, 6.07) is 12.2. The third-order valence-corrected chi connectivity index (χ3v) is 4.54. The molecule has 1 unspecified atom stereocenters. The average Bonchev–Trinajstić information content (AvgIpc) is 2.59. The molecule has 2 rings (SSSR count). The lowest BCUT2D eigenvalue weighted by Gasteiger charge is -2.20. The minimum Gasteiger partial charge on any atom is -0.497 e.